The molecule has 1 saturated carbocycles. The van der Waals surface area contributed by atoms with Gasteiger partial charge in [0.25, 0.3) is 5.88 Å². The molecule has 0 unspecified atom stereocenters. The molecule has 1 aliphatic rings. The molecule has 0 aliphatic heterocycles. The van der Waals surface area contributed by atoms with Crippen molar-refractivity contribution in [2.75, 3.05) is 5.73 Å². The Hall–Kier alpha value is -1.72. The molecule has 1 heterocycles. The summed E-state index contributed by atoms with van der Waals surface area (Å²) < 4.78 is 7.10. The van der Waals surface area contributed by atoms with Crippen LogP contribution in [0.5, 0.6) is 11.6 Å². The first-order chi connectivity index (χ1) is 9.56. The lowest BCUT2D eigenvalue weighted by molar-refractivity contribution is 0.446. The monoisotopic (exact) mass is 311 g/mol. The average molecular weight is 312 g/mol. The molecule has 3 rings (SSSR count). The highest BCUT2D eigenvalue weighted by Gasteiger charge is 2.25. The van der Waals surface area contributed by atoms with Crippen LogP contribution in [0.4, 0.5) is 5.69 Å². The van der Waals surface area contributed by atoms with Gasteiger partial charge in [0, 0.05) is 24.5 Å². The number of aromatic nitrogens is 2. The molecular formula is C13H11Cl2N3O2. The van der Waals surface area contributed by atoms with Crippen molar-refractivity contribution in [2.45, 2.75) is 18.9 Å². The second-order valence-electron chi connectivity index (χ2n) is 4.58. The van der Waals surface area contributed by atoms with Crippen molar-refractivity contribution in [3.8, 4) is 11.6 Å². The molecule has 1 aromatic heterocycles. The van der Waals surface area contributed by atoms with Crippen LogP contribution in [0.25, 0.3) is 0 Å². The van der Waals surface area contributed by atoms with Crippen molar-refractivity contribution < 1.29 is 4.74 Å². The third-order valence-electron chi connectivity index (χ3n) is 3.04. The van der Waals surface area contributed by atoms with Crippen molar-refractivity contribution in [2.24, 2.45) is 0 Å². The highest BCUT2D eigenvalue weighted by Crippen LogP contribution is 2.35. The van der Waals surface area contributed by atoms with E-state index in [1.54, 1.807) is 10.8 Å². The van der Waals surface area contributed by atoms with Gasteiger partial charge < -0.3 is 15.0 Å². The predicted octanol–water partition coefficient (Wildman–Crippen LogP) is 3.26. The third kappa shape index (κ3) is 2.46. The smallest absolute Gasteiger partial charge is 0.313 e. The molecule has 0 saturated heterocycles. The summed E-state index contributed by atoms with van der Waals surface area (Å²) in [7, 11) is 0. The Kier molecular flexibility index (Phi) is 3.31. The number of nitrogens with zero attached hydrogens (tertiary/aromatic N) is 2. The third-order valence-corrected chi connectivity index (χ3v) is 3.76. The van der Waals surface area contributed by atoms with Crippen LogP contribution in [0, 0.1) is 0 Å². The van der Waals surface area contributed by atoms with Gasteiger partial charge in [-0.05, 0) is 18.9 Å². The van der Waals surface area contributed by atoms with E-state index in [0.29, 0.717) is 15.7 Å². The van der Waals surface area contributed by atoms with E-state index in [1.807, 2.05) is 0 Å². The molecule has 1 aromatic carbocycles. The molecule has 2 aromatic rings. The van der Waals surface area contributed by atoms with Crippen LogP contribution in [0.1, 0.15) is 18.9 Å². The standard InChI is InChI=1S/C13H11Cl2N3O2/c14-8-5-10(16)11(6-9(8)15)20-12-13(19)18(4-3-17-12)7-1-2-7/h3-7H,1-2,16H2. The quantitative estimate of drug-likeness (QED) is 0.883. The molecule has 2 N–H and O–H groups in total. The second-order valence-corrected chi connectivity index (χ2v) is 5.40. The highest BCUT2D eigenvalue weighted by molar-refractivity contribution is 6.42. The van der Waals surface area contributed by atoms with E-state index in [1.165, 1.54) is 18.3 Å². The molecule has 0 radical (unpaired) electrons. The zero-order valence-electron chi connectivity index (χ0n) is 10.3. The number of benzene rings is 1. The SMILES string of the molecule is Nc1cc(Cl)c(Cl)cc1Oc1nccn(C2CC2)c1=O. The first-order valence-corrected chi connectivity index (χ1v) is 6.81. The fourth-order valence-electron chi connectivity index (χ4n) is 1.85. The summed E-state index contributed by atoms with van der Waals surface area (Å²) in [6, 6.07) is 3.19. The van der Waals surface area contributed by atoms with Crippen LogP contribution >= 0.6 is 23.2 Å². The number of nitrogen functional groups attached to an aromatic ring is 1. The lowest BCUT2D eigenvalue weighted by Gasteiger charge is -2.10. The summed E-state index contributed by atoms with van der Waals surface area (Å²) in [5, 5.41) is 0.627. The topological polar surface area (TPSA) is 70.1 Å². The van der Waals surface area contributed by atoms with Gasteiger partial charge in [0.1, 0.15) is 0 Å². The first-order valence-electron chi connectivity index (χ1n) is 6.06. The summed E-state index contributed by atoms with van der Waals surface area (Å²) in [5.41, 5.74) is 5.81. The van der Waals surface area contributed by atoms with E-state index >= 15 is 0 Å². The molecule has 0 spiro atoms. The van der Waals surface area contributed by atoms with Crippen LogP contribution in [0.15, 0.2) is 29.3 Å². The maximum absolute atomic E-state index is 12.2. The minimum absolute atomic E-state index is 0.0236. The zero-order valence-corrected chi connectivity index (χ0v) is 11.9. The summed E-state index contributed by atoms with van der Waals surface area (Å²) in [4.78, 5) is 16.1. The number of hydrogen-bond donors (Lipinski definition) is 1. The van der Waals surface area contributed by atoms with E-state index in [9.17, 15) is 4.79 Å². The minimum Gasteiger partial charge on any atom is -0.432 e. The Bertz CT molecular complexity index is 726. The summed E-state index contributed by atoms with van der Waals surface area (Å²) in [6.07, 6.45) is 5.18. The Morgan fingerprint density at radius 3 is 2.70 bits per heavy atom. The van der Waals surface area contributed by atoms with Gasteiger partial charge in [0.15, 0.2) is 5.75 Å². The van der Waals surface area contributed by atoms with Crippen molar-refractivity contribution in [1.82, 2.24) is 9.55 Å². The fraction of sp³-hybridized carbons (Fsp3) is 0.231. The Morgan fingerprint density at radius 2 is 2.00 bits per heavy atom. The van der Waals surface area contributed by atoms with Crippen LogP contribution in [0.3, 0.4) is 0 Å². The van der Waals surface area contributed by atoms with E-state index < -0.39 is 0 Å². The van der Waals surface area contributed by atoms with Crippen molar-refractivity contribution in [1.29, 1.82) is 0 Å². The number of nitrogens with two attached hydrogens (primary N) is 1. The molecule has 0 amide bonds. The maximum Gasteiger partial charge on any atom is 0.313 e. The second kappa shape index (κ2) is 5.00. The predicted molar refractivity (Wildman–Crippen MR) is 77.7 cm³/mol. The Morgan fingerprint density at radius 1 is 1.30 bits per heavy atom. The number of ether oxygens (including phenoxy) is 1. The number of anilines is 1. The lowest BCUT2D eigenvalue weighted by atomic mass is 10.3. The normalized spacial score (nSPS) is 14.3. The van der Waals surface area contributed by atoms with E-state index in [0.717, 1.165) is 12.8 Å². The lowest BCUT2D eigenvalue weighted by Crippen LogP contribution is -2.20. The fourth-order valence-corrected chi connectivity index (χ4v) is 2.18. The van der Waals surface area contributed by atoms with Gasteiger partial charge in [-0.2, -0.15) is 0 Å². The molecule has 20 heavy (non-hydrogen) atoms. The van der Waals surface area contributed by atoms with Crippen LogP contribution in [-0.2, 0) is 0 Å². The van der Waals surface area contributed by atoms with Crippen molar-refractivity contribution in [3.05, 3.63) is 44.9 Å². The van der Waals surface area contributed by atoms with Crippen LogP contribution in [-0.4, -0.2) is 9.55 Å². The Labute approximate surface area is 124 Å². The Balaban J connectivity index is 1.97. The maximum atomic E-state index is 12.2. The summed E-state index contributed by atoms with van der Waals surface area (Å²) >= 11 is 11.8. The first kappa shape index (κ1) is 13.3. The van der Waals surface area contributed by atoms with E-state index in [2.05, 4.69) is 4.98 Å². The number of rotatable bonds is 3. The van der Waals surface area contributed by atoms with Crippen LogP contribution < -0.4 is 16.0 Å². The highest BCUT2D eigenvalue weighted by atomic mass is 35.5. The van der Waals surface area contributed by atoms with Crippen molar-refractivity contribution in [3.63, 3.8) is 0 Å². The van der Waals surface area contributed by atoms with Crippen LogP contribution in [0.2, 0.25) is 10.0 Å². The van der Waals surface area contributed by atoms with Gasteiger partial charge in [-0.3, -0.25) is 4.79 Å². The van der Waals surface area contributed by atoms with Gasteiger partial charge in [-0.1, -0.05) is 23.2 Å². The molecule has 0 atom stereocenters. The number of halogens is 2. The molecule has 5 nitrogen and oxygen atoms in total. The molecule has 7 heteroatoms. The largest absolute Gasteiger partial charge is 0.432 e. The van der Waals surface area contributed by atoms with Gasteiger partial charge in [0.05, 0.1) is 15.7 Å². The van der Waals surface area contributed by atoms with E-state index in [-0.39, 0.29) is 23.2 Å². The molecular weight excluding hydrogens is 301 g/mol. The summed E-state index contributed by atoms with van der Waals surface area (Å²) in [5.74, 6) is 0.238. The average Bonchev–Trinajstić information content (AvgIpc) is 3.22. The van der Waals surface area contributed by atoms with Crippen molar-refractivity contribution >= 4 is 28.9 Å². The molecule has 0 bridgehead atoms. The van der Waals surface area contributed by atoms with E-state index in [4.69, 9.17) is 33.7 Å². The number of hydrogen-bond acceptors (Lipinski definition) is 4. The molecule has 104 valence electrons. The van der Waals surface area contributed by atoms with Gasteiger partial charge in [0.2, 0.25) is 0 Å². The van der Waals surface area contributed by atoms with Gasteiger partial charge >= 0.3 is 5.56 Å². The van der Waals surface area contributed by atoms with Gasteiger partial charge in [-0.25, -0.2) is 4.98 Å². The minimum atomic E-state index is -0.277. The van der Waals surface area contributed by atoms with Gasteiger partial charge in [-0.15, -0.1) is 0 Å². The molecule has 1 aliphatic carbocycles. The summed E-state index contributed by atoms with van der Waals surface area (Å²) in [6.45, 7) is 0. The molecule has 1 fully saturated rings. The zero-order chi connectivity index (χ0) is 14.3.